The van der Waals surface area contributed by atoms with E-state index in [1.165, 1.54) is 11.1 Å². The van der Waals surface area contributed by atoms with Crippen LogP contribution in [0.4, 0.5) is 4.79 Å². The molecule has 0 saturated heterocycles. The second-order valence-corrected chi connectivity index (χ2v) is 9.62. The second kappa shape index (κ2) is 11.4. The number of rotatable bonds is 10. The molecule has 4 rings (SSSR count). The highest BCUT2D eigenvalue weighted by molar-refractivity contribution is 5.80. The fraction of sp³-hybridized carbons (Fsp3) is 0.464. The Kier molecular flexibility index (Phi) is 8.06. The lowest BCUT2D eigenvalue weighted by molar-refractivity contribution is -0.138. The molecule has 2 amide bonds. The summed E-state index contributed by atoms with van der Waals surface area (Å²) in [6.45, 7) is 2.23. The summed E-state index contributed by atoms with van der Waals surface area (Å²) in [5.41, 5.74) is 4.65. The van der Waals surface area contributed by atoms with Crippen LogP contribution < -0.4 is 10.6 Å². The van der Waals surface area contributed by atoms with E-state index in [2.05, 4.69) is 34.9 Å². The maximum atomic E-state index is 12.7. The first kappa shape index (κ1) is 24.8. The summed E-state index contributed by atoms with van der Waals surface area (Å²) < 4.78 is 5.65. The molecule has 2 aliphatic rings. The largest absolute Gasteiger partial charge is 0.481 e. The van der Waals surface area contributed by atoms with E-state index in [4.69, 9.17) is 9.84 Å². The first-order valence-corrected chi connectivity index (χ1v) is 12.6. The molecule has 2 aromatic rings. The third-order valence-electron chi connectivity index (χ3n) is 7.18. The van der Waals surface area contributed by atoms with Gasteiger partial charge in [0.05, 0.1) is 6.42 Å². The Morgan fingerprint density at radius 2 is 1.69 bits per heavy atom. The predicted molar refractivity (Wildman–Crippen MR) is 133 cm³/mol. The minimum absolute atomic E-state index is 0.0189. The summed E-state index contributed by atoms with van der Waals surface area (Å²) in [5.74, 6) is -1.05. The van der Waals surface area contributed by atoms with Crippen molar-refractivity contribution in [2.24, 2.45) is 5.92 Å². The lowest BCUT2D eigenvalue weighted by Gasteiger charge is -2.23. The number of hydrogen-bond acceptors (Lipinski definition) is 4. The fourth-order valence-electron chi connectivity index (χ4n) is 5.57. The first-order chi connectivity index (χ1) is 17.0. The van der Waals surface area contributed by atoms with Crippen molar-refractivity contribution in [3.05, 3.63) is 59.7 Å². The molecule has 1 saturated carbocycles. The topological polar surface area (TPSA) is 105 Å². The first-order valence-electron chi connectivity index (χ1n) is 12.6. The fourth-order valence-corrected chi connectivity index (χ4v) is 5.57. The molecule has 7 nitrogen and oxygen atoms in total. The van der Waals surface area contributed by atoms with Crippen molar-refractivity contribution in [1.29, 1.82) is 0 Å². The van der Waals surface area contributed by atoms with Crippen LogP contribution in [0.3, 0.4) is 0 Å². The van der Waals surface area contributed by atoms with Crippen LogP contribution in [0, 0.1) is 5.92 Å². The standard InChI is InChI=1S/C28H34N2O5/c1-2-8-19(16-26(31)30-25-14-7-9-18(25)15-27(32)33)29-28(34)35-17-24-22-12-5-3-10-20(22)21-11-4-6-13-23(21)24/h3-6,10-13,18-19,24-25H,2,7-9,14-17H2,1H3,(H,29,34)(H,30,31)(H,32,33)/t18-,19-,25+/m0/s1. The smallest absolute Gasteiger partial charge is 0.407 e. The number of alkyl carbamates (subject to hydrolysis) is 1. The van der Waals surface area contributed by atoms with Crippen LogP contribution in [0.1, 0.15) is 68.9 Å². The van der Waals surface area contributed by atoms with Gasteiger partial charge < -0.3 is 20.5 Å². The van der Waals surface area contributed by atoms with E-state index in [1.807, 2.05) is 31.2 Å². The van der Waals surface area contributed by atoms with Crippen molar-refractivity contribution in [2.45, 2.75) is 69.9 Å². The molecule has 0 unspecified atom stereocenters. The van der Waals surface area contributed by atoms with Crippen molar-refractivity contribution >= 4 is 18.0 Å². The van der Waals surface area contributed by atoms with E-state index in [0.717, 1.165) is 36.8 Å². The number of carboxylic acid groups (broad SMARTS) is 1. The molecule has 0 aromatic heterocycles. The van der Waals surface area contributed by atoms with Crippen molar-refractivity contribution < 1.29 is 24.2 Å². The summed E-state index contributed by atoms with van der Waals surface area (Å²) in [5, 5.41) is 15.0. The van der Waals surface area contributed by atoms with Crippen LogP contribution in [-0.4, -0.2) is 41.8 Å². The van der Waals surface area contributed by atoms with Gasteiger partial charge in [-0.1, -0.05) is 68.3 Å². The van der Waals surface area contributed by atoms with Crippen LogP contribution >= 0.6 is 0 Å². The lowest BCUT2D eigenvalue weighted by Crippen LogP contribution is -2.43. The monoisotopic (exact) mass is 478 g/mol. The zero-order valence-electron chi connectivity index (χ0n) is 20.2. The van der Waals surface area contributed by atoms with Crippen LogP contribution in [-0.2, 0) is 14.3 Å². The number of carbonyl (C=O) groups is 3. The molecule has 0 heterocycles. The van der Waals surface area contributed by atoms with Gasteiger partial charge in [0.2, 0.25) is 5.91 Å². The lowest BCUT2D eigenvalue weighted by atomic mass is 9.98. The Bertz CT molecular complexity index is 1020. The van der Waals surface area contributed by atoms with E-state index < -0.39 is 12.1 Å². The van der Waals surface area contributed by atoms with Gasteiger partial charge in [0.25, 0.3) is 0 Å². The van der Waals surface area contributed by atoms with Crippen LogP contribution in [0.2, 0.25) is 0 Å². The highest BCUT2D eigenvalue weighted by Crippen LogP contribution is 2.44. The third kappa shape index (κ3) is 6.02. The van der Waals surface area contributed by atoms with E-state index in [1.54, 1.807) is 0 Å². The zero-order chi connectivity index (χ0) is 24.8. The molecule has 3 atom stereocenters. The van der Waals surface area contributed by atoms with Gasteiger partial charge in [-0.05, 0) is 47.4 Å². The quantitative estimate of drug-likeness (QED) is 0.453. The third-order valence-corrected chi connectivity index (χ3v) is 7.18. The van der Waals surface area contributed by atoms with E-state index >= 15 is 0 Å². The summed E-state index contributed by atoms with van der Waals surface area (Å²) in [7, 11) is 0. The van der Waals surface area contributed by atoms with Crippen molar-refractivity contribution in [3.8, 4) is 11.1 Å². The molecular weight excluding hydrogens is 444 g/mol. The SMILES string of the molecule is CCC[C@@H](CC(=O)N[C@@H]1CCC[C@H]1CC(=O)O)NC(=O)OCC1c2ccccc2-c2ccccc21. The van der Waals surface area contributed by atoms with Crippen LogP contribution in [0.15, 0.2) is 48.5 Å². The number of benzene rings is 2. The summed E-state index contributed by atoms with van der Waals surface area (Å²) in [6, 6.07) is 15.9. The maximum absolute atomic E-state index is 12.7. The number of carboxylic acids is 1. The number of hydrogen-bond donors (Lipinski definition) is 3. The van der Waals surface area contributed by atoms with Crippen molar-refractivity contribution in [3.63, 3.8) is 0 Å². The molecule has 2 aromatic carbocycles. The van der Waals surface area contributed by atoms with Gasteiger partial charge in [-0.15, -0.1) is 0 Å². The van der Waals surface area contributed by atoms with Gasteiger partial charge in [-0.25, -0.2) is 4.79 Å². The average Bonchev–Trinajstić information content (AvgIpc) is 3.39. The van der Waals surface area contributed by atoms with Crippen molar-refractivity contribution in [2.75, 3.05) is 6.61 Å². The molecule has 0 bridgehead atoms. The minimum Gasteiger partial charge on any atom is -0.481 e. The van der Waals surface area contributed by atoms with Gasteiger partial charge in [0.15, 0.2) is 0 Å². The molecule has 35 heavy (non-hydrogen) atoms. The summed E-state index contributed by atoms with van der Waals surface area (Å²) in [4.78, 5) is 36.5. The molecule has 1 fully saturated rings. The molecular formula is C28H34N2O5. The van der Waals surface area contributed by atoms with E-state index in [-0.39, 0.29) is 49.3 Å². The molecule has 186 valence electrons. The van der Waals surface area contributed by atoms with Gasteiger partial charge >= 0.3 is 12.1 Å². The van der Waals surface area contributed by atoms with Gasteiger partial charge in [0.1, 0.15) is 6.61 Å². The van der Waals surface area contributed by atoms with Gasteiger partial charge in [-0.2, -0.15) is 0 Å². The zero-order valence-corrected chi connectivity index (χ0v) is 20.2. The van der Waals surface area contributed by atoms with E-state index in [9.17, 15) is 14.4 Å². The minimum atomic E-state index is -0.836. The Balaban J connectivity index is 1.31. The Labute approximate surface area is 206 Å². The summed E-state index contributed by atoms with van der Waals surface area (Å²) >= 11 is 0. The van der Waals surface area contributed by atoms with Crippen LogP contribution in [0.25, 0.3) is 11.1 Å². The summed E-state index contributed by atoms with van der Waals surface area (Å²) in [6.07, 6.45) is 3.68. The highest BCUT2D eigenvalue weighted by Gasteiger charge is 2.31. The number of nitrogens with one attached hydrogen (secondary N) is 2. The number of amides is 2. The number of fused-ring (bicyclic) bond motifs is 3. The van der Waals surface area contributed by atoms with Gasteiger partial charge in [-0.3, -0.25) is 9.59 Å². The molecule has 0 radical (unpaired) electrons. The Morgan fingerprint density at radius 1 is 1.03 bits per heavy atom. The van der Waals surface area contributed by atoms with Crippen molar-refractivity contribution in [1.82, 2.24) is 10.6 Å². The number of aliphatic carboxylic acids is 1. The second-order valence-electron chi connectivity index (χ2n) is 9.62. The highest BCUT2D eigenvalue weighted by atomic mass is 16.5. The Hall–Kier alpha value is -3.35. The number of carbonyl (C=O) groups excluding carboxylic acids is 2. The number of ether oxygens (including phenoxy) is 1. The molecule has 3 N–H and O–H groups in total. The average molecular weight is 479 g/mol. The Morgan fingerprint density at radius 3 is 2.31 bits per heavy atom. The molecule has 0 aliphatic heterocycles. The predicted octanol–water partition coefficient (Wildman–Crippen LogP) is 4.84. The molecule has 0 spiro atoms. The van der Waals surface area contributed by atoms with E-state index in [0.29, 0.717) is 6.42 Å². The maximum Gasteiger partial charge on any atom is 0.407 e. The normalized spacial score (nSPS) is 19.5. The van der Waals surface area contributed by atoms with Crippen LogP contribution in [0.5, 0.6) is 0 Å². The molecule has 7 heteroatoms. The molecule has 2 aliphatic carbocycles. The van der Waals surface area contributed by atoms with Gasteiger partial charge in [0, 0.05) is 24.4 Å².